The molecule has 5 nitrogen and oxygen atoms in total. The molecule has 1 rings (SSSR count). The molecule has 2 amide bonds. The zero-order valence-corrected chi connectivity index (χ0v) is 11.7. The average molecular weight is 256 g/mol. The van der Waals surface area contributed by atoms with E-state index in [0.29, 0.717) is 6.42 Å². The van der Waals surface area contributed by atoms with Crippen LogP contribution in [0.5, 0.6) is 0 Å². The van der Waals surface area contributed by atoms with Gasteiger partial charge in [0.15, 0.2) is 0 Å². The van der Waals surface area contributed by atoms with Crippen LogP contribution in [-0.4, -0.2) is 29.7 Å². The van der Waals surface area contributed by atoms with Crippen LogP contribution in [0, 0.1) is 0 Å². The molecule has 2 N–H and O–H groups in total. The molecule has 0 saturated carbocycles. The highest BCUT2D eigenvalue weighted by molar-refractivity contribution is 5.86. The van der Waals surface area contributed by atoms with Crippen molar-refractivity contribution < 1.29 is 14.3 Å². The zero-order chi connectivity index (χ0) is 13.8. The normalized spacial score (nSPS) is 25.0. The molecule has 1 aliphatic rings. The van der Waals surface area contributed by atoms with Crippen LogP contribution in [0.2, 0.25) is 0 Å². The summed E-state index contributed by atoms with van der Waals surface area (Å²) in [6.45, 7) is 7.44. The fourth-order valence-corrected chi connectivity index (χ4v) is 1.97. The van der Waals surface area contributed by atoms with Gasteiger partial charge in [0.1, 0.15) is 11.6 Å². The second-order valence-corrected chi connectivity index (χ2v) is 5.74. The van der Waals surface area contributed by atoms with Crippen molar-refractivity contribution in [1.29, 1.82) is 0 Å². The molecule has 1 saturated heterocycles. The molecule has 0 aromatic rings. The highest BCUT2D eigenvalue weighted by atomic mass is 16.6. The van der Waals surface area contributed by atoms with E-state index >= 15 is 0 Å². The number of hydrogen-bond donors (Lipinski definition) is 2. The Morgan fingerprint density at radius 2 is 2.11 bits per heavy atom. The van der Waals surface area contributed by atoms with Crippen molar-refractivity contribution in [3.05, 3.63) is 0 Å². The van der Waals surface area contributed by atoms with Gasteiger partial charge < -0.3 is 15.4 Å². The lowest BCUT2D eigenvalue weighted by Crippen LogP contribution is -2.48. The maximum atomic E-state index is 11.9. The quantitative estimate of drug-likeness (QED) is 0.793. The number of carbonyl (C=O) groups excluding carboxylic acids is 2. The summed E-state index contributed by atoms with van der Waals surface area (Å²) in [6.07, 6.45) is 2.96. The molecule has 0 spiro atoms. The molecular formula is C13H24N2O3. The summed E-state index contributed by atoms with van der Waals surface area (Å²) in [5.41, 5.74) is -0.544. The number of alkyl carbamates (subject to hydrolysis) is 1. The zero-order valence-electron chi connectivity index (χ0n) is 11.7. The Morgan fingerprint density at radius 1 is 1.44 bits per heavy atom. The van der Waals surface area contributed by atoms with E-state index in [1.54, 1.807) is 20.8 Å². The molecule has 0 radical (unpaired) electrons. The van der Waals surface area contributed by atoms with Crippen LogP contribution in [0.1, 0.15) is 53.4 Å². The summed E-state index contributed by atoms with van der Waals surface area (Å²) in [4.78, 5) is 23.5. The van der Waals surface area contributed by atoms with E-state index in [1.807, 2.05) is 6.92 Å². The van der Waals surface area contributed by atoms with Gasteiger partial charge in [-0.1, -0.05) is 6.92 Å². The first-order valence-electron chi connectivity index (χ1n) is 6.61. The van der Waals surface area contributed by atoms with Crippen molar-refractivity contribution in [2.75, 3.05) is 0 Å². The van der Waals surface area contributed by atoms with Gasteiger partial charge in [-0.25, -0.2) is 4.79 Å². The molecular weight excluding hydrogens is 232 g/mol. The van der Waals surface area contributed by atoms with Gasteiger partial charge in [-0.05, 0) is 46.5 Å². The molecule has 0 aromatic carbocycles. The first kappa shape index (κ1) is 14.8. The predicted molar refractivity (Wildman–Crippen MR) is 69.2 cm³/mol. The minimum atomic E-state index is -0.544. The van der Waals surface area contributed by atoms with Crippen molar-refractivity contribution in [2.24, 2.45) is 0 Å². The van der Waals surface area contributed by atoms with Gasteiger partial charge in [-0.3, -0.25) is 4.79 Å². The van der Waals surface area contributed by atoms with E-state index in [0.717, 1.165) is 19.3 Å². The maximum Gasteiger partial charge on any atom is 0.408 e. The predicted octanol–water partition coefficient (Wildman–Crippen LogP) is 1.96. The Morgan fingerprint density at radius 3 is 2.67 bits per heavy atom. The number of ether oxygens (including phenoxy) is 1. The molecule has 1 aliphatic heterocycles. The summed E-state index contributed by atoms with van der Waals surface area (Å²) >= 11 is 0. The van der Waals surface area contributed by atoms with Crippen LogP contribution in [0.25, 0.3) is 0 Å². The summed E-state index contributed by atoms with van der Waals surface area (Å²) < 4.78 is 5.15. The van der Waals surface area contributed by atoms with Gasteiger partial charge in [0.2, 0.25) is 5.91 Å². The van der Waals surface area contributed by atoms with E-state index in [1.165, 1.54) is 0 Å². The fraction of sp³-hybridized carbons (Fsp3) is 0.846. The van der Waals surface area contributed by atoms with E-state index in [2.05, 4.69) is 10.6 Å². The molecule has 1 heterocycles. The molecule has 0 aromatic heterocycles. The van der Waals surface area contributed by atoms with E-state index in [-0.39, 0.29) is 11.9 Å². The second-order valence-electron chi connectivity index (χ2n) is 5.74. The van der Waals surface area contributed by atoms with Gasteiger partial charge in [0, 0.05) is 6.04 Å². The number of hydrogen-bond acceptors (Lipinski definition) is 3. The Hall–Kier alpha value is -1.26. The Bertz CT molecular complexity index is 310. The van der Waals surface area contributed by atoms with Crippen molar-refractivity contribution >= 4 is 12.0 Å². The number of carbonyl (C=O) groups is 2. The lowest BCUT2D eigenvalue weighted by atomic mass is 10.1. The van der Waals surface area contributed by atoms with E-state index in [9.17, 15) is 9.59 Å². The molecule has 2 atom stereocenters. The lowest BCUT2D eigenvalue weighted by Gasteiger charge is -2.22. The number of nitrogens with one attached hydrogen (secondary N) is 2. The first-order chi connectivity index (χ1) is 8.31. The lowest BCUT2D eigenvalue weighted by molar-refractivity contribution is -0.123. The SMILES string of the molecule is CC[C@@H]1CCC[C@@H](NC(=O)OC(C)(C)C)C(=O)N1. The van der Waals surface area contributed by atoms with Crippen LogP contribution in [0.15, 0.2) is 0 Å². The molecule has 0 bridgehead atoms. The fourth-order valence-electron chi connectivity index (χ4n) is 1.97. The summed E-state index contributed by atoms with van der Waals surface area (Å²) in [7, 11) is 0. The Labute approximate surface area is 109 Å². The molecule has 104 valence electrons. The molecule has 5 heteroatoms. The second kappa shape index (κ2) is 6.07. The molecule has 0 aliphatic carbocycles. The third-order valence-electron chi connectivity index (χ3n) is 2.89. The highest BCUT2D eigenvalue weighted by Gasteiger charge is 2.27. The van der Waals surface area contributed by atoms with Gasteiger partial charge in [0.25, 0.3) is 0 Å². The number of rotatable bonds is 2. The molecule has 1 fully saturated rings. The van der Waals surface area contributed by atoms with Gasteiger partial charge >= 0.3 is 6.09 Å². The van der Waals surface area contributed by atoms with E-state index in [4.69, 9.17) is 4.74 Å². The Kier molecular flexibility index (Phi) is 4.99. The van der Waals surface area contributed by atoms with Gasteiger partial charge in [0.05, 0.1) is 0 Å². The van der Waals surface area contributed by atoms with Crippen molar-refractivity contribution in [2.45, 2.75) is 71.1 Å². The largest absolute Gasteiger partial charge is 0.444 e. The highest BCUT2D eigenvalue weighted by Crippen LogP contribution is 2.13. The third kappa shape index (κ3) is 4.94. The molecule has 0 unspecified atom stereocenters. The minimum Gasteiger partial charge on any atom is -0.444 e. The summed E-state index contributed by atoms with van der Waals surface area (Å²) in [5, 5.41) is 5.57. The monoisotopic (exact) mass is 256 g/mol. The number of amides is 2. The van der Waals surface area contributed by atoms with Crippen molar-refractivity contribution in [3.8, 4) is 0 Å². The van der Waals surface area contributed by atoms with Crippen LogP contribution in [-0.2, 0) is 9.53 Å². The van der Waals surface area contributed by atoms with Gasteiger partial charge in [-0.2, -0.15) is 0 Å². The maximum absolute atomic E-state index is 11.9. The first-order valence-corrected chi connectivity index (χ1v) is 6.61. The van der Waals surface area contributed by atoms with Crippen molar-refractivity contribution in [1.82, 2.24) is 10.6 Å². The summed E-state index contributed by atoms with van der Waals surface area (Å²) in [6, 6.07) is -0.251. The Balaban J connectivity index is 2.51. The van der Waals surface area contributed by atoms with Crippen LogP contribution >= 0.6 is 0 Å². The van der Waals surface area contributed by atoms with Gasteiger partial charge in [-0.15, -0.1) is 0 Å². The van der Waals surface area contributed by atoms with Crippen LogP contribution in [0.4, 0.5) is 4.79 Å². The topological polar surface area (TPSA) is 67.4 Å². The smallest absolute Gasteiger partial charge is 0.408 e. The van der Waals surface area contributed by atoms with E-state index < -0.39 is 17.7 Å². The third-order valence-corrected chi connectivity index (χ3v) is 2.89. The molecule has 18 heavy (non-hydrogen) atoms. The standard InChI is InChI=1S/C13H24N2O3/c1-5-9-7-6-8-10(11(16)14-9)15-12(17)18-13(2,3)4/h9-10H,5-8H2,1-4H3,(H,14,16)(H,15,17)/t9-,10-/m1/s1. The summed E-state index contributed by atoms with van der Waals surface area (Å²) in [5.74, 6) is -0.106. The van der Waals surface area contributed by atoms with Crippen LogP contribution < -0.4 is 10.6 Å². The van der Waals surface area contributed by atoms with Crippen LogP contribution in [0.3, 0.4) is 0 Å². The van der Waals surface area contributed by atoms with Crippen molar-refractivity contribution in [3.63, 3.8) is 0 Å². The average Bonchev–Trinajstić information content (AvgIpc) is 2.38. The minimum absolute atomic E-state index is 0.106.